The summed E-state index contributed by atoms with van der Waals surface area (Å²) < 4.78 is 4.60. The Morgan fingerprint density at radius 2 is 1.26 bits per heavy atom. The van der Waals surface area contributed by atoms with Gasteiger partial charge < -0.3 is 9.84 Å². The van der Waals surface area contributed by atoms with Crippen LogP contribution in [0.5, 0.6) is 0 Å². The van der Waals surface area contributed by atoms with Crippen molar-refractivity contribution >= 4 is 11.9 Å². The van der Waals surface area contributed by atoms with Crippen LogP contribution in [0.15, 0.2) is 0 Å². The summed E-state index contributed by atoms with van der Waals surface area (Å²) in [6, 6.07) is 0. The Morgan fingerprint density at radius 1 is 0.895 bits per heavy atom. The molecule has 2 aliphatic carbocycles. The molecule has 0 amide bonds. The Morgan fingerprint density at radius 3 is 1.53 bits per heavy atom. The number of hydrogen-bond donors (Lipinski definition) is 1. The van der Waals surface area contributed by atoms with Crippen molar-refractivity contribution in [3.05, 3.63) is 0 Å². The molecule has 0 saturated heterocycles. The zero-order valence-corrected chi connectivity index (χ0v) is 10.5. The second-order valence-corrected chi connectivity index (χ2v) is 4.82. The van der Waals surface area contributed by atoms with Gasteiger partial charge in [0.05, 0.1) is 18.9 Å². The van der Waals surface area contributed by atoms with Crippen LogP contribution in [0, 0.1) is 11.8 Å². The van der Waals surface area contributed by atoms with Gasteiger partial charge in [0.25, 0.3) is 0 Å². The molecule has 2 saturated carbocycles. The first-order chi connectivity index (χ1) is 8.15. The molecule has 0 aromatic rings. The molecular formula is C15H30O4. The largest absolute Gasteiger partial charge is 0.481 e. The summed E-state index contributed by atoms with van der Waals surface area (Å²) in [6.45, 7) is 0. The van der Waals surface area contributed by atoms with Crippen LogP contribution < -0.4 is 0 Å². The van der Waals surface area contributed by atoms with Gasteiger partial charge in [-0.05, 0) is 25.7 Å². The Hall–Kier alpha value is -1.06. The lowest BCUT2D eigenvalue weighted by Gasteiger charge is -2.03. The molecule has 2 aliphatic rings. The first-order valence-corrected chi connectivity index (χ1v) is 6.45. The maximum absolute atomic E-state index is 10.8. The second kappa shape index (κ2) is 10.8. The molecule has 4 nitrogen and oxygen atoms in total. The van der Waals surface area contributed by atoms with Gasteiger partial charge in [-0.25, -0.2) is 0 Å². The van der Waals surface area contributed by atoms with Crippen molar-refractivity contribution in [3.8, 4) is 0 Å². The average Bonchev–Trinajstić information content (AvgIpc) is 3.01. The summed E-state index contributed by atoms with van der Waals surface area (Å²) in [5, 5.41) is 8.41. The van der Waals surface area contributed by atoms with Crippen LogP contribution in [-0.4, -0.2) is 24.2 Å². The lowest BCUT2D eigenvalue weighted by Crippen LogP contribution is -2.11. The van der Waals surface area contributed by atoms with E-state index >= 15 is 0 Å². The summed E-state index contributed by atoms with van der Waals surface area (Å²) in [6.07, 6.45) is 8.47. The third kappa shape index (κ3) is 7.19. The molecular weight excluding hydrogens is 244 g/mol. The number of carbonyl (C=O) groups is 2. The first kappa shape index (κ1) is 20.3. The number of carbonyl (C=O) groups excluding carboxylic acids is 1. The monoisotopic (exact) mass is 274 g/mol. The van der Waals surface area contributed by atoms with E-state index in [4.69, 9.17) is 5.11 Å². The Kier molecular flexibility index (Phi) is 11.5. The second-order valence-electron chi connectivity index (χ2n) is 4.82. The lowest BCUT2D eigenvalue weighted by molar-refractivity contribution is -0.145. The number of hydrogen-bond acceptors (Lipinski definition) is 3. The molecule has 1 N–H and O–H groups in total. The van der Waals surface area contributed by atoms with Gasteiger partial charge >= 0.3 is 11.9 Å². The van der Waals surface area contributed by atoms with E-state index in [-0.39, 0.29) is 32.7 Å². The highest BCUT2D eigenvalue weighted by atomic mass is 16.5. The van der Waals surface area contributed by atoms with Crippen molar-refractivity contribution in [2.24, 2.45) is 11.8 Å². The highest BCUT2D eigenvalue weighted by Gasteiger charge is 2.22. The molecule has 0 aromatic heterocycles. The van der Waals surface area contributed by atoms with Gasteiger partial charge in [-0.3, -0.25) is 9.59 Å². The Balaban J connectivity index is 0. The number of rotatable bonds is 2. The molecule has 0 aliphatic heterocycles. The Labute approximate surface area is 117 Å². The Bertz CT molecular complexity index is 251. The van der Waals surface area contributed by atoms with Crippen molar-refractivity contribution < 1.29 is 19.4 Å². The van der Waals surface area contributed by atoms with Crippen LogP contribution in [-0.2, 0) is 14.3 Å². The molecule has 0 atom stereocenters. The van der Waals surface area contributed by atoms with Crippen molar-refractivity contribution in [2.75, 3.05) is 7.11 Å². The fraction of sp³-hybridized carbons (Fsp3) is 0.867. The molecule has 0 spiro atoms. The van der Waals surface area contributed by atoms with Crippen LogP contribution in [0.4, 0.5) is 0 Å². The van der Waals surface area contributed by atoms with Crippen LogP contribution in [0.2, 0.25) is 0 Å². The van der Waals surface area contributed by atoms with Gasteiger partial charge in [0.1, 0.15) is 0 Å². The van der Waals surface area contributed by atoms with Crippen molar-refractivity contribution in [1.29, 1.82) is 0 Å². The van der Waals surface area contributed by atoms with Crippen molar-refractivity contribution in [1.82, 2.24) is 0 Å². The van der Waals surface area contributed by atoms with E-state index in [9.17, 15) is 9.59 Å². The minimum absolute atomic E-state index is 0. The zero-order valence-electron chi connectivity index (χ0n) is 10.5. The molecule has 0 unspecified atom stereocenters. The maximum atomic E-state index is 10.8. The molecule has 4 heteroatoms. The average molecular weight is 274 g/mol. The van der Waals surface area contributed by atoms with E-state index in [1.54, 1.807) is 0 Å². The van der Waals surface area contributed by atoms with E-state index in [2.05, 4.69) is 4.74 Å². The summed E-state index contributed by atoms with van der Waals surface area (Å²) in [5.74, 6) is -0.431. The predicted molar refractivity (Wildman–Crippen MR) is 77.0 cm³/mol. The van der Waals surface area contributed by atoms with E-state index < -0.39 is 5.97 Å². The molecule has 0 radical (unpaired) electrons. The van der Waals surface area contributed by atoms with Crippen LogP contribution in [0.25, 0.3) is 0 Å². The third-order valence-electron chi connectivity index (χ3n) is 3.59. The van der Waals surface area contributed by atoms with Gasteiger partial charge in [-0.15, -0.1) is 0 Å². The molecule has 0 heterocycles. The number of methoxy groups -OCH3 is 1. The smallest absolute Gasteiger partial charge is 0.308 e. The first-order valence-electron chi connectivity index (χ1n) is 6.45. The molecule has 0 aromatic carbocycles. The van der Waals surface area contributed by atoms with Gasteiger partial charge in [0, 0.05) is 0 Å². The highest BCUT2D eigenvalue weighted by molar-refractivity contribution is 5.72. The minimum Gasteiger partial charge on any atom is -0.481 e. The fourth-order valence-electron chi connectivity index (χ4n) is 2.50. The van der Waals surface area contributed by atoms with Gasteiger partial charge in [0.2, 0.25) is 0 Å². The van der Waals surface area contributed by atoms with Crippen LogP contribution in [0.1, 0.15) is 66.2 Å². The van der Waals surface area contributed by atoms with Crippen molar-refractivity contribution in [2.45, 2.75) is 66.2 Å². The number of esters is 1. The lowest BCUT2D eigenvalue weighted by atomic mass is 10.1. The number of carboxylic acid groups (broad SMARTS) is 1. The standard InChI is InChI=1S/C7H12O2.C6H10O2.2CH4/c1-9-7(8)6-4-2-3-5-6;7-6(8)5-3-1-2-4-5;;/h6H,2-5H2,1H3;5H,1-4H2,(H,7,8);2*1H4. The van der Waals surface area contributed by atoms with Gasteiger partial charge in [0.15, 0.2) is 0 Å². The van der Waals surface area contributed by atoms with Crippen LogP contribution in [0.3, 0.4) is 0 Å². The van der Waals surface area contributed by atoms with Gasteiger partial charge in [-0.1, -0.05) is 40.5 Å². The van der Waals surface area contributed by atoms with Gasteiger partial charge in [-0.2, -0.15) is 0 Å². The van der Waals surface area contributed by atoms with E-state index in [0.29, 0.717) is 0 Å². The van der Waals surface area contributed by atoms with Crippen LogP contribution >= 0.6 is 0 Å². The minimum atomic E-state index is -0.609. The number of ether oxygens (including phenoxy) is 1. The zero-order chi connectivity index (χ0) is 12.7. The fourth-order valence-corrected chi connectivity index (χ4v) is 2.50. The highest BCUT2D eigenvalue weighted by Crippen LogP contribution is 2.25. The number of carboxylic acids is 1. The molecule has 2 fully saturated rings. The molecule has 2 rings (SSSR count). The molecule has 0 bridgehead atoms. The number of aliphatic carboxylic acids is 1. The quantitative estimate of drug-likeness (QED) is 0.776. The molecule has 114 valence electrons. The third-order valence-corrected chi connectivity index (χ3v) is 3.59. The SMILES string of the molecule is C.C.COC(=O)C1CCCC1.O=C(O)C1CCCC1. The predicted octanol–water partition coefficient (Wildman–Crippen LogP) is 3.88. The van der Waals surface area contributed by atoms with E-state index in [1.165, 1.54) is 20.0 Å². The summed E-state index contributed by atoms with van der Waals surface area (Å²) >= 11 is 0. The van der Waals surface area contributed by atoms with Crippen molar-refractivity contribution in [3.63, 3.8) is 0 Å². The molecule has 19 heavy (non-hydrogen) atoms. The summed E-state index contributed by atoms with van der Waals surface area (Å²) in [7, 11) is 1.46. The topological polar surface area (TPSA) is 63.6 Å². The summed E-state index contributed by atoms with van der Waals surface area (Å²) in [5.41, 5.74) is 0. The van der Waals surface area contributed by atoms with E-state index in [1.807, 2.05) is 0 Å². The van der Waals surface area contributed by atoms with E-state index in [0.717, 1.165) is 38.5 Å². The normalized spacial score (nSPS) is 18.6. The maximum Gasteiger partial charge on any atom is 0.308 e. The summed E-state index contributed by atoms with van der Waals surface area (Å²) in [4.78, 5) is 21.0.